The molecule has 1 aliphatic heterocycles. The number of hydrogen-bond donors (Lipinski definition) is 4. The number of aryl methyl sites for hydroxylation is 2. The molecule has 0 radical (unpaired) electrons. The van der Waals surface area contributed by atoms with E-state index in [1.54, 1.807) is 6.20 Å². The molecule has 0 amide bonds. The number of piperidine rings is 1. The summed E-state index contributed by atoms with van der Waals surface area (Å²) in [5.74, 6) is 2.92. The SMILES string of the molecule is Cc1ccc(OC[C@H](C)Nc2nc(Nc3cc(C)[nH]n3)cc(C3CCNCC3)c2C#N)cn1. The smallest absolute Gasteiger partial charge is 0.153 e. The van der Waals surface area contributed by atoms with Crippen LogP contribution in [0, 0.1) is 25.2 Å². The van der Waals surface area contributed by atoms with Crippen molar-refractivity contribution in [3.05, 3.63) is 53.0 Å². The minimum atomic E-state index is -0.0744. The molecule has 0 saturated carbocycles. The molecule has 4 N–H and O–H groups in total. The Labute approximate surface area is 194 Å². The summed E-state index contributed by atoms with van der Waals surface area (Å²) in [6.07, 6.45) is 3.68. The van der Waals surface area contributed by atoms with Crippen molar-refractivity contribution in [3.63, 3.8) is 0 Å². The zero-order valence-electron chi connectivity index (χ0n) is 19.3. The summed E-state index contributed by atoms with van der Waals surface area (Å²) in [6.45, 7) is 8.19. The maximum Gasteiger partial charge on any atom is 0.153 e. The van der Waals surface area contributed by atoms with Gasteiger partial charge < -0.3 is 20.7 Å². The number of anilines is 3. The lowest BCUT2D eigenvalue weighted by atomic mass is 9.87. The van der Waals surface area contributed by atoms with Gasteiger partial charge in [-0.2, -0.15) is 10.4 Å². The Bertz CT molecular complexity index is 1110. The maximum atomic E-state index is 10.0. The molecule has 4 rings (SSSR count). The van der Waals surface area contributed by atoms with E-state index in [2.05, 4.69) is 37.2 Å². The van der Waals surface area contributed by atoms with Crippen molar-refractivity contribution in [2.24, 2.45) is 0 Å². The zero-order chi connectivity index (χ0) is 23.2. The van der Waals surface area contributed by atoms with Crippen molar-refractivity contribution < 1.29 is 4.74 Å². The number of H-pyrrole nitrogens is 1. The summed E-state index contributed by atoms with van der Waals surface area (Å²) < 4.78 is 5.87. The molecule has 9 nitrogen and oxygen atoms in total. The summed E-state index contributed by atoms with van der Waals surface area (Å²) in [7, 11) is 0. The van der Waals surface area contributed by atoms with Gasteiger partial charge in [0, 0.05) is 17.5 Å². The van der Waals surface area contributed by atoms with Crippen LogP contribution in [-0.2, 0) is 0 Å². The summed E-state index contributed by atoms with van der Waals surface area (Å²) in [5, 5.41) is 27.3. The topological polar surface area (TPSA) is 124 Å². The first-order valence-electron chi connectivity index (χ1n) is 11.3. The van der Waals surface area contributed by atoms with Gasteiger partial charge in [0.2, 0.25) is 0 Å². The Kier molecular flexibility index (Phi) is 7.05. The van der Waals surface area contributed by atoms with Gasteiger partial charge in [-0.05, 0) is 76.4 Å². The lowest BCUT2D eigenvalue weighted by molar-refractivity contribution is 0.302. The van der Waals surface area contributed by atoms with E-state index in [1.807, 2.05) is 45.0 Å². The van der Waals surface area contributed by atoms with Crippen LogP contribution in [0.1, 0.15) is 48.2 Å². The van der Waals surface area contributed by atoms with Gasteiger partial charge in [-0.1, -0.05) is 0 Å². The zero-order valence-corrected chi connectivity index (χ0v) is 19.3. The Hall–Kier alpha value is -3.64. The van der Waals surface area contributed by atoms with Crippen molar-refractivity contribution in [1.82, 2.24) is 25.5 Å². The summed E-state index contributed by atoms with van der Waals surface area (Å²) in [4.78, 5) is 8.99. The fourth-order valence-electron chi connectivity index (χ4n) is 3.95. The lowest BCUT2D eigenvalue weighted by Crippen LogP contribution is -2.28. The number of aromatic nitrogens is 4. The van der Waals surface area contributed by atoms with Crippen LogP contribution in [-0.4, -0.2) is 45.9 Å². The summed E-state index contributed by atoms with van der Waals surface area (Å²) >= 11 is 0. The van der Waals surface area contributed by atoms with Crippen molar-refractivity contribution >= 4 is 17.5 Å². The van der Waals surface area contributed by atoms with Crippen LogP contribution in [0.15, 0.2) is 30.5 Å². The van der Waals surface area contributed by atoms with Gasteiger partial charge in [-0.15, -0.1) is 0 Å². The number of aromatic amines is 1. The quantitative estimate of drug-likeness (QED) is 0.412. The number of nitriles is 1. The molecule has 1 atom stereocenters. The number of ether oxygens (including phenoxy) is 1. The standard InChI is InChI=1S/C24H30N8O/c1-15-4-5-19(13-27-15)33-14-17(3)28-24-21(12-25)20(18-6-8-26-9-7-18)11-22(30-24)29-23-10-16(2)31-32-23/h4-5,10-11,13,17-18,26H,6-9,14H2,1-3H3,(H3,28,29,30,31,32)/t17-/m0/s1. The summed E-state index contributed by atoms with van der Waals surface area (Å²) in [5.41, 5.74) is 3.51. The van der Waals surface area contributed by atoms with E-state index < -0.39 is 0 Å². The Morgan fingerprint density at radius 2 is 2.03 bits per heavy atom. The van der Waals surface area contributed by atoms with Crippen molar-refractivity contribution in [1.29, 1.82) is 5.26 Å². The molecule has 0 unspecified atom stereocenters. The van der Waals surface area contributed by atoms with Gasteiger partial charge in [0.25, 0.3) is 0 Å². The van der Waals surface area contributed by atoms with Gasteiger partial charge in [0.1, 0.15) is 30.1 Å². The average Bonchev–Trinajstić information content (AvgIpc) is 3.23. The predicted molar refractivity (Wildman–Crippen MR) is 128 cm³/mol. The molecule has 4 heterocycles. The molecular formula is C24H30N8O. The Balaban J connectivity index is 1.57. The average molecular weight is 447 g/mol. The molecule has 1 aliphatic rings. The molecule has 0 spiro atoms. The monoisotopic (exact) mass is 446 g/mol. The number of nitrogens with zero attached hydrogens (tertiary/aromatic N) is 4. The fourth-order valence-corrected chi connectivity index (χ4v) is 3.95. The van der Waals surface area contributed by atoms with E-state index in [-0.39, 0.29) is 6.04 Å². The van der Waals surface area contributed by atoms with Crippen LogP contribution in [0.5, 0.6) is 5.75 Å². The molecule has 1 fully saturated rings. The predicted octanol–water partition coefficient (Wildman–Crippen LogP) is 3.78. The number of pyridine rings is 2. The van der Waals surface area contributed by atoms with Crippen LogP contribution in [0.3, 0.4) is 0 Å². The normalized spacial score (nSPS) is 15.0. The highest BCUT2D eigenvalue weighted by Crippen LogP contribution is 2.33. The van der Waals surface area contributed by atoms with E-state index in [9.17, 15) is 5.26 Å². The highest BCUT2D eigenvalue weighted by molar-refractivity contribution is 5.65. The Morgan fingerprint density at radius 1 is 1.21 bits per heavy atom. The van der Waals surface area contributed by atoms with Crippen molar-refractivity contribution in [3.8, 4) is 11.8 Å². The van der Waals surface area contributed by atoms with Gasteiger partial charge in [-0.25, -0.2) is 4.98 Å². The fraction of sp³-hybridized carbons (Fsp3) is 0.417. The van der Waals surface area contributed by atoms with Gasteiger partial charge in [0.15, 0.2) is 5.82 Å². The highest BCUT2D eigenvalue weighted by atomic mass is 16.5. The second-order valence-corrected chi connectivity index (χ2v) is 8.51. The molecule has 3 aromatic rings. The van der Waals surface area contributed by atoms with Crippen molar-refractivity contribution in [2.75, 3.05) is 30.3 Å². The largest absolute Gasteiger partial charge is 0.490 e. The van der Waals surface area contributed by atoms with E-state index in [4.69, 9.17) is 9.72 Å². The number of rotatable bonds is 8. The molecule has 0 aromatic carbocycles. The second kappa shape index (κ2) is 10.3. The molecule has 0 aliphatic carbocycles. The Morgan fingerprint density at radius 3 is 2.70 bits per heavy atom. The van der Waals surface area contributed by atoms with Crippen LogP contribution in [0.25, 0.3) is 0 Å². The molecule has 33 heavy (non-hydrogen) atoms. The van der Waals surface area contributed by atoms with E-state index >= 15 is 0 Å². The molecule has 3 aromatic heterocycles. The van der Waals surface area contributed by atoms with Gasteiger partial charge in [-0.3, -0.25) is 10.1 Å². The lowest BCUT2D eigenvalue weighted by Gasteiger charge is -2.26. The number of nitrogens with one attached hydrogen (secondary N) is 4. The van der Waals surface area contributed by atoms with E-state index in [1.165, 1.54) is 0 Å². The molecular weight excluding hydrogens is 416 g/mol. The van der Waals surface area contributed by atoms with E-state index in [0.29, 0.717) is 41.3 Å². The minimum Gasteiger partial charge on any atom is -0.490 e. The van der Waals surface area contributed by atoms with Crippen LogP contribution in [0.2, 0.25) is 0 Å². The third-order valence-electron chi connectivity index (χ3n) is 5.67. The van der Waals surface area contributed by atoms with E-state index in [0.717, 1.165) is 42.9 Å². The molecule has 172 valence electrons. The molecule has 9 heteroatoms. The first-order chi connectivity index (χ1) is 16.0. The van der Waals surface area contributed by atoms with Crippen LogP contribution in [0.4, 0.5) is 17.5 Å². The summed E-state index contributed by atoms with van der Waals surface area (Å²) in [6, 6.07) is 10.0. The molecule has 1 saturated heterocycles. The number of hydrogen-bond acceptors (Lipinski definition) is 8. The highest BCUT2D eigenvalue weighted by Gasteiger charge is 2.23. The maximum absolute atomic E-state index is 10.0. The van der Waals surface area contributed by atoms with Gasteiger partial charge >= 0.3 is 0 Å². The van der Waals surface area contributed by atoms with Crippen LogP contribution < -0.4 is 20.7 Å². The first-order valence-corrected chi connectivity index (χ1v) is 11.3. The first kappa shape index (κ1) is 22.6. The van der Waals surface area contributed by atoms with Gasteiger partial charge in [0.05, 0.1) is 17.8 Å². The third-order valence-corrected chi connectivity index (χ3v) is 5.67. The second-order valence-electron chi connectivity index (χ2n) is 8.51. The molecule has 0 bridgehead atoms. The third kappa shape index (κ3) is 5.79. The minimum absolute atomic E-state index is 0.0744. The van der Waals surface area contributed by atoms with Crippen LogP contribution >= 0.6 is 0 Å². The van der Waals surface area contributed by atoms with Crippen molar-refractivity contribution in [2.45, 2.75) is 45.6 Å².